The fourth-order valence-corrected chi connectivity index (χ4v) is 2.67. The number of hydrogen-bond donors (Lipinski definition) is 0. The number of rotatable bonds is 6. The Bertz CT molecular complexity index is 682. The number of carbonyl (C=O) groups excluding carboxylic acids is 1. The van der Waals surface area contributed by atoms with Gasteiger partial charge in [-0.3, -0.25) is 4.79 Å². The molecule has 0 unspecified atom stereocenters. The van der Waals surface area contributed by atoms with Crippen LogP contribution in [0.4, 0.5) is 0 Å². The maximum atomic E-state index is 12.6. The normalized spacial score (nSPS) is 10.2. The van der Waals surface area contributed by atoms with Gasteiger partial charge in [-0.05, 0) is 42.0 Å². The van der Waals surface area contributed by atoms with Gasteiger partial charge in [-0.2, -0.15) is 0 Å². The van der Waals surface area contributed by atoms with Crippen molar-refractivity contribution in [3.8, 4) is 17.2 Å². The summed E-state index contributed by atoms with van der Waals surface area (Å²) in [5.41, 5.74) is 1.36. The molecule has 0 bridgehead atoms. The summed E-state index contributed by atoms with van der Waals surface area (Å²) in [5, 5.41) is 0. The summed E-state index contributed by atoms with van der Waals surface area (Å²) in [6, 6.07) is 10.8. The fourth-order valence-electron chi connectivity index (χ4n) is 2.15. The van der Waals surface area contributed by atoms with E-state index in [4.69, 9.17) is 14.2 Å². The lowest BCUT2D eigenvalue weighted by atomic mass is 10.0. The van der Waals surface area contributed by atoms with Crippen LogP contribution in [0, 0.1) is 0 Å². The van der Waals surface area contributed by atoms with E-state index >= 15 is 0 Å². The first kappa shape index (κ1) is 16.4. The molecule has 0 aliphatic heterocycles. The lowest BCUT2D eigenvalue weighted by Gasteiger charge is -2.10. The first-order chi connectivity index (χ1) is 10.6. The summed E-state index contributed by atoms with van der Waals surface area (Å²) < 4.78 is 16.5. The van der Waals surface area contributed by atoms with Gasteiger partial charge in [0.2, 0.25) is 0 Å². The predicted octanol–water partition coefficient (Wildman–Crippen LogP) is 3.90. The van der Waals surface area contributed by atoms with Crippen LogP contribution in [0.5, 0.6) is 17.2 Å². The summed E-state index contributed by atoms with van der Waals surface area (Å²) in [5.74, 6) is 1.81. The molecule has 0 fully saturated rings. The molecule has 0 N–H and O–H groups in total. The van der Waals surface area contributed by atoms with E-state index in [0.29, 0.717) is 22.8 Å². The van der Waals surface area contributed by atoms with Crippen molar-refractivity contribution < 1.29 is 19.0 Å². The predicted molar refractivity (Wildman–Crippen MR) is 88.3 cm³/mol. The number of hydrogen-bond acceptors (Lipinski definition) is 4. The summed E-state index contributed by atoms with van der Waals surface area (Å²) in [7, 11) is 4.70. The largest absolute Gasteiger partial charge is 0.497 e. The Morgan fingerprint density at radius 1 is 0.955 bits per heavy atom. The van der Waals surface area contributed by atoms with E-state index in [-0.39, 0.29) is 12.2 Å². The molecule has 22 heavy (non-hydrogen) atoms. The van der Waals surface area contributed by atoms with Crippen LogP contribution < -0.4 is 14.2 Å². The van der Waals surface area contributed by atoms with Crippen LogP contribution in [0.1, 0.15) is 15.9 Å². The van der Waals surface area contributed by atoms with Gasteiger partial charge in [0, 0.05) is 10.9 Å². The van der Waals surface area contributed by atoms with Gasteiger partial charge in [0.1, 0.15) is 17.2 Å². The first-order valence-electron chi connectivity index (χ1n) is 6.66. The lowest BCUT2D eigenvalue weighted by molar-refractivity contribution is 0.0989. The second-order valence-corrected chi connectivity index (χ2v) is 5.58. The zero-order valence-corrected chi connectivity index (χ0v) is 14.3. The Morgan fingerprint density at radius 3 is 2.32 bits per heavy atom. The molecule has 0 atom stereocenters. The van der Waals surface area contributed by atoms with E-state index in [0.717, 1.165) is 10.0 Å². The van der Waals surface area contributed by atoms with Crippen molar-refractivity contribution in [3.63, 3.8) is 0 Å². The minimum Gasteiger partial charge on any atom is -0.497 e. The van der Waals surface area contributed by atoms with Crippen LogP contribution in [0.15, 0.2) is 40.9 Å². The van der Waals surface area contributed by atoms with E-state index < -0.39 is 0 Å². The number of carbonyl (C=O) groups is 1. The van der Waals surface area contributed by atoms with E-state index in [1.54, 1.807) is 39.5 Å². The summed E-state index contributed by atoms with van der Waals surface area (Å²) in [6.45, 7) is 0. The molecule has 116 valence electrons. The van der Waals surface area contributed by atoms with Crippen LogP contribution >= 0.6 is 15.9 Å². The highest BCUT2D eigenvalue weighted by atomic mass is 79.9. The minimum absolute atomic E-state index is 0.0455. The molecule has 0 saturated heterocycles. The Morgan fingerprint density at radius 2 is 1.68 bits per heavy atom. The number of ether oxygens (including phenoxy) is 3. The SMILES string of the molecule is COc1cc(Br)cc(CC(=O)c2cc(OC)ccc2OC)c1. The van der Waals surface area contributed by atoms with Crippen LogP contribution in [0.3, 0.4) is 0 Å². The van der Waals surface area contributed by atoms with Gasteiger partial charge in [0.15, 0.2) is 5.78 Å². The van der Waals surface area contributed by atoms with Crippen molar-refractivity contribution in [3.05, 3.63) is 52.0 Å². The summed E-state index contributed by atoms with van der Waals surface area (Å²) >= 11 is 3.41. The van der Waals surface area contributed by atoms with Crippen molar-refractivity contribution in [2.75, 3.05) is 21.3 Å². The third kappa shape index (κ3) is 3.80. The molecule has 0 aromatic heterocycles. The summed E-state index contributed by atoms with van der Waals surface area (Å²) in [4.78, 5) is 12.6. The monoisotopic (exact) mass is 364 g/mol. The molecule has 2 aromatic carbocycles. The number of methoxy groups -OCH3 is 3. The van der Waals surface area contributed by atoms with Gasteiger partial charge in [-0.15, -0.1) is 0 Å². The van der Waals surface area contributed by atoms with Crippen molar-refractivity contribution in [2.45, 2.75) is 6.42 Å². The highest BCUT2D eigenvalue weighted by Crippen LogP contribution is 2.27. The van der Waals surface area contributed by atoms with Crippen molar-refractivity contribution in [1.29, 1.82) is 0 Å². The fraction of sp³-hybridized carbons (Fsp3) is 0.235. The van der Waals surface area contributed by atoms with Crippen molar-refractivity contribution in [1.82, 2.24) is 0 Å². The number of ketones is 1. The summed E-state index contributed by atoms with van der Waals surface area (Å²) in [6.07, 6.45) is 0.249. The molecule has 0 aliphatic rings. The molecule has 0 amide bonds. The second kappa shape index (κ2) is 7.31. The molecular weight excluding hydrogens is 348 g/mol. The highest BCUT2D eigenvalue weighted by molar-refractivity contribution is 9.10. The van der Waals surface area contributed by atoms with Crippen LogP contribution in [0.25, 0.3) is 0 Å². The molecule has 0 radical (unpaired) electrons. The van der Waals surface area contributed by atoms with Gasteiger partial charge in [0.25, 0.3) is 0 Å². The van der Waals surface area contributed by atoms with Gasteiger partial charge in [-0.1, -0.05) is 15.9 Å². The Balaban J connectivity index is 2.31. The molecule has 4 nitrogen and oxygen atoms in total. The highest BCUT2D eigenvalue weighted by Gasteiger charge is 2.15. The topological polar surface area (TPSA) is 44.8 Å². The van der Waals surface area contributed by atoms with Gasteiger partial charge >= 0.3 is 0 Å². The molecule has 2 rings (SSSR count). The van der Waals surface area contributed by atoms with Gasteiger partial charge < -0.3 is 14.2 Å². The maximum Gasteiger partial charge on any atom is 0.171 e. The van der Waals surface area contributed by atoms with Crippen LogP contribution in [-0.2, 0) is 6.42 Å². The Labute approximate surface area is 138 Å². The average Bonchev–Trinajstić information content (AvgIpc) is 2.53. The Kier molecular flexibility index (Phi) is 5.44. The molecule has 0 heterocycles. The van der Waals surface area contributed by atoms with E-state index in [1.165, 1.54) is 0 Å². The lowest BCUT2D eigenvalue weighted by Crippen LogP contribution is -2.06. The van der Waals surface area contributed by atoms with E-state index in [2.05, 4.69) is 15.9 Å². The van der Waals surface area contributed by atoms with Gasteiger partial charge in [0.05, 0.1) is 26.9 Å². The molecule has 0 spiro atoms. The van der Waals surface area contributed by atoms with Gasteiger partial charge in [-0.25, -0.2) is 0 Å². The number of halogens is 1. The smallest absolute Gasteiger partial charge is 0.171 e. The zero-order chi connectivity index (χ0) is 16.1. The maximum absolute atomic E-state index is 12.6. The van der Waals surface area contributed by atoms with Crippen LogP contribution in [0.2, 0.25) is 0 Å². The molecular formula is C17H17BrO4. The second-order valence-electron chi connectivity index (χ2n) is 4.67. The number of Topliss-reactive ketones (excluding diaryl/α,β-unsaturated/α-hetero) is 1. The van der Waals surface area contributed by atoms with E-state index in [1.807, 2.05) is 18.2 Å². The first-order valence-corrected chi connectivity index (χ1v) is 7.45. The molecule has 5 heteroatoms. The molecule has 2 aromatic rings. The van der Waals surface area contributed by atoms with Crippen LogP contribution in [-0.4, -0.2) is 27.1 Å². The van der Waals surface area contributed by atoms with Crippen molar-refractivity contribution >= 4 is 21.7 Å². The average molecular weight is 365 g/mol. The quantitative estimate of drug-likeness (QED) is 0.729. The molecule has 0 aliphatic carbocycles. The zero-order valence-electron chi connectivity index (χ0n) is 12.7. The van der Waals surface area contributed by atoms with E-state index in [9.17, 15) is 4.79 Å². The molecule has 0 saturated carbocycles. The Hall–Kier alpha value is -2.01. The number of benzene rings is 2. The third-order valence-corrected chi connectivity index (χ3v) is 3.70. The van der Waals surface area contributed by atoms with Crippen molar-refractivity contribution in [2.24, 2.45) is 0 Å². The third-order valence-electron chi connectivity index (χ3n) is 3.24. The standard InChI is InChI=1S/C17H17BrO4/c1-20-13-4-5-17(22-3)15(10-13)16(19)8-11-6-12(18)9-14(7-11)21-2/h4-7,9-10H,8H2,1-3H3. The minimum atomic E-state index is -0.0455.